The average Bonchev–Trinajstić information content (AvgIpc) is 2.68. The first-order valence-electron chi connectivity index (χ1n) is 5.63. The SMILES string of the molecule is Cc1c(N)nc(C(C)C)nc1-c1ccnn1C. The van der Waals surface area contributed by atoms with Gasteiger partial charge < -0.3 is 5.73 Å². The first-order chi connectivity index (χ1) is 8.00. The molecular weight excluding hydrogens is 214 g/mol. The summed E-state index contributed by atoms with van der Waals surface area (Å²) in [4.78, 5) is 8.89. The smallest absolute Gasteiger partial charge is 0.134 e. The highest BCUT2D eigenvalue weighted by atomic mass is 15.3. The van der Waals surface area contributed by atoms with E-state index in [1.54, 1.807) is 10.9 Å². The third-order valence-corrected chi connectivity index (χ3v) is 2.78. The monoisotopic (exact) mass is 231 g/mol. The number of nitrogens with zero attached hydrogens (tertiary/aromatic N) is 4. The maximum Gasteiger partial charge on any atom is 0.134 e. The number of aromatic nitrogens is 4. The van der Waals surface area contributed by atoms with E-state index in [1.807, 2.05) is 20.0 Å². The zero-order valence-electron chi connectivity index (χ0n) is 10.6. The van der Waals surface area contributed by atoms with Gasteiger partial charge in [0.1, 0.15) is 11.6 Å². The minimum absolute atomic E-state index is 0.255. The van der Waals surface area contributed by atoms with Crippen LogP contribution in [-0.4, -0.2) is 19.7 Å². The Kier molecular flexibility index (Phi) is 2.83. The average molecular weight is 231 g/mol. The van der Waals surface area contributed by atoms with E-state index in [2.05, 4.69) is 28.9 Å². The van der Waals surface area contributed by atoms with Crippen molar-refractivity contribution >= 4 is 5.82 Å². The second-order valence-corrected chi connectivity index (χ2v) is 4.44. The zero-order valence-corrected chi connectivity index (χ0v) is 10.6. The molecule has 5 heteroatoms. The van der Waals surface area contributed by atoms with Crippen LogP contribution in [0.4, 0.5) is 5.82 Å². The fourth-order valence-electron chi connectivity index (χ4n) is 1.67. The summed E-state index contributed by atoms with van der Waals surface area (Å²) in [5.41, 5.74) is 8.65. The van der Waals surface area contributed by atoms with Crippen molar-refractivity contribution in [3.05, 3.63) is 23.7 Å². The van der Waals surface area contributed by atoms with Crippen molar-refractivity contribution < 1.29 is 0 Å². The quantitative estimate of drug-likeness (QED) is 0.856. The molecule has 0 saturated heterocycles. The van der Waals surface area contributed by atoms with Crippen LogP contribution in [-0.2, 0) is 7.05 Å². The number of nitrogens with two attached hydrogens (primary N) is 1. The first-order valence-corrected chi connectivity index (χ1v) is 5.63. The van der Waals surface area contributed by atoms with Crippen molar-refractivity contribution in [2.45, 2.75) is 26.7 Å². The van der Waals surface area contributed by atoms with Crippen molar-refractivity contribution in [1.29, 1.82) is 0 Å². The molecule has 0 saturated carbocycles. The second-order valence-electron chi connectivity index (χ2n) is 4.44. The summed E-state index contributed by atoms with van der Waals surface area (Å²) in [5, 5.41) is 4.15. The van der Waals surface area contributed by atoms with Gasteiger partial charge >= 0.3 is 0 Å². The molecule has 0 radical (unpaired) electrons. The molecule has 2 aromatic rings. The largest absolute Gasteiger partial charge is 0.383 e. The van der Waals surface area contributed by atoms with E-state index in [1.165, 1.54) is 0 Å². The van der Waals surface area contributed by atoms with Crippen molar-refractivity contribution in [3.63, 3.8) is 0 Å². The second kappa shape index (κ2) is 4.16. The molecule has 0 atom stereocenters. The van der Waals surface area contributed by atoms with Crippen LogP contribution in [0, 0.1) is 6.92 Å². The van der Waals surface area contributed by atoms with E-state index in [-0.39, 0.29) is 5.92 Å². The van der Waals surface area contributed by atoms with Crippen molar-refractivity contribution in [2.24, 2.45) is 7.05 Å². The zero-order chi connectivity index (χ0) is 12.6. The van der Waals surface area contributed by atoms with E-state index in [4.69, 9.17) is 5.73 Å². The molecule has 2 rings (SSSR count). The summed E-state index contributed by atoms with van der Waals surface area (Å²) in [6, 6.07) is 1.93. The minimum Gasteiger partial charge on any atom is -0.383 e. The third kappa shape index (κ3) is 2.00. The maximum atomic E-state index is 5.93. The third-order valence-electron chi connectivity index (χ3n) is 2.78. The van der Waals surface area contributed by atoms with Crippen LogP contribution in [0.2, 0.25) is 0 Å². The summed E-state index contributed by atoms with van der Waals surface area (Å²) < 4.78 is 1.79. The van der Waals surface area contributed by atoms with Gasteiger partial charge in [-0.3, -0.25) is 4.68 Å². The van der Waals surface area contributed by atoms with Gasteiger partial charge in [-0.05, 0) is 13.0 Å². The molecule has 0 bridgehead atoms. The maximum absolute atomic E-state index is 5.93. The Bertz CT molecular complexity index is 542. The molecule has 0 spiro atoms. The van der Waals surface area contributed by atoms with Gasteiger partial charge in [0.05, 0.1) is 11.4 Å². The predicted molar refractivity (Wildman–Crippen MR) is 67.5 cm³/mol. The van der Waals surface area contributed by atoms with Crippen LogP contribution < -0.4 is 5.73 Å². The molecule has 2 heterocycles. The van der Waals surface area contributed by atoms with Gasteiger partial charge in [0, 0.05) is 24.7 Å². The fourth-order valence-corrected chi connectivity index (χ4v) is 1.67. The summed E-state index contributed by atoms with van der Waals surface area (Å²) in [6.45, 7) is 6.04. The fraction of sp³-hybridized carbons (Fsp3) is 0.417. The number of nitrogen functional groups attached to an aromatic ring is 1. The van der Waals surface area contributed by atoms with Gasteiger partial charge in [0.2, 0.25) is 0 Å². The van der Waals surface area contributed by atoms with Crippen molar-refractivity contribution in [2.75, 3.05) is 5.73 Å². The Morgan fingerprint density at radius 1 is 1.29 bits per heavy atom. The number of anilines is 1. The molecule has 0 aromatic carbocycles. The lowest BCUT2D eigenvalue weighted by atomic mass is 10.1. The summed E-state index contributed by atoms with van der Waals surface area (Å²) in [5.74, 6) is 1.56. The van der Waals surface area contributed by atoms with Crippen LogP contribution in [0.5, 0.6) is 0 Å². The van der Waals surface area contributed by atoms with Crippen LogP contribution in [0.1, 0.15) is 31.2 Å². The number of rotatable bonds is 2. The van der Waals surface area contributed by atoms with Crippen LogP contribution >= 0.6 is 0 Å². The topological polar surface area (TPSA) is 69.6 Å². The Morgan fingerprint density at radius 2 is 2.00 bits per heavy atom. The summed E-state index contributed by atoms with van der Waals surface area (Å²) in [7, 11) is 1.89. The van der Waals surface area contributed by atoms with E-state index in [0.29, 0.717) is 5.82 Å². The number of aryl methyl sites for hydroxylation is 1. The standard InChI is InChI=1S/C12H17N5/c1-7(2)12-15-10(8(3)11(13)16-12)9-5-6-14-17(9)4/h5-7H,1-4H3,(H2,13,15,16). The highest BCUT2D eigenvalue weighted by Crippen LogP contribution is 2.25. The molecule has 0 aliphatic carbocycles. The van der Waals surface area contributed by atoms with Crippen molar-refractivity contribution in [3.8, 4) is 11.4 Å². The molecule has 0 aliphatic rings. The molecule has 90 valence electrons. The summed E-state index contributed by atoms with van der Waals surface area (Å²) in [6.07, 6.45) is 1.75. The van der Waals surface area contributed by atoms with Crippen molar-refractivity contribution in [1.82, 2.24) is 19.7 Å². The van der Waals surface area contributed by atoms with Gasteiger partial charge in [-0.1, -0.05) is 13.8 Å². The normalized spacial score (nSPS) is 11.1. The predicted octanol–water partition coefficient (Wildman–Crippen LogP) is 1.89. The molecule has 2 N–H and O–H groups in total. The number of hydrogen-bond acceptors (Lipinski definition) is 4. The number of hydrogen-bond donors (Lipinski definition) is 1. The van der Waals surface area contributed by atoms with Crippen LogP contribution in [0.25, 0.3) is 11.4 Å². The lowest BCUT2D eigenvalue weighted by molar-refractivity contribution is 0.755. The van der Waals surface area contributed by atoms with Gasteiger partial charge in [0.25, 0.3) is 0 Å². The van der Waals surface area contributed by atoms with E-state index in [0.717, 1.165) is 22.8 Å². The lowest BCUT2D eigenvalue weighted by Crippen LogP contribution is -2.07. The van der Waals surface area contributed by atoms with Gasteiger partial charge in [-0.25, -0.2) is 9.97 Å². The Morgan fingerprint density at radius 3 is 2.53 bits per heavy atom. The summed E-state index contributed by atoms with van der Waals surface area (Å²) >= 11 is 0. The van der Waals surface area contributed by atoms with E-state index < -0.39 is 0 Å². The molecular formula is C12H17N5. The molecule has 0 amide bonds. The Labute approximate surface area is 101 Å². The highest BCUT2D eigenvalue weighted by molar-refractivity contribution is 5.64. The van der Waals surface area contributed by atoms with Crippen LogP contribution in [0.3, 0.4) is 0 Å². The minimum atomic E-state index is 0.255. The Hall–Kier alpha value is -1.91. The van der Waals surface area contributed by atoms with E-state index in [9.17, 15) is 0 Å². The molecule has 5 nitrogen and oxygen atoms in total. The molecule has 0 aliphatic heterocycles. The van der Waals surface area contributed by atoms with Gasteiger partial charge in [-0.2, -0.15) is 5.10 Å². The molecule has 2 aromatic heterocycles. The van der Waals surface area contributed by atoms with Gasteiger partial charge in [-0.15, -0.1) is 0 Å². The first kappa shape index (κ1) is 11.6. The molecule has 17 heavy (non-hydrogen) atoms. The highest BCUT2D eigenvalue weighted by Gasteiger charge is 2.14. The van der Waals surface area contributed by atoms with Crippen LogP contribution in [0.15, 0.2) is 12.3 Å². The van der Waals surface area contributed by atoms with Gasteiger partial charge in [0.15, 0.2) is 0 Å². The Balaban J connectivity index is 2.65. The van der Waals surface area contributed by atoms with E-state index >= 15 is 0 Å². The molecule has 0 fully saturated rings. The molecule has 0 unspecified atom stereocenters. The lowest BCUT2D eigenvalue weighted by Gasteiger charge is -2.11.